The number of H-pyrrole nitrogens is 1. The minimum absolute atomic E-state index is 0.131. The smallest absolute Gasteiger partial charge is 0.244 e. The number of nitrogens with one attached hydrogen (secondary N) is 1. The van der Waals surface area contributed by atoms with Crippen molar-refractivity contribution >= 4 is 0 Å². The Kier molecular flexibility index (Phi) is 3.83. The molecule has 0 aliphatic carbocycles. The summed E-state index contributed by atoms with van der Waals surface area (Å²) in [7, 11) is 0. The molecule has 3 rings (SSSR count). The van der Waals surface area contributed by atoms with Crippen molar-refractivity contribution in [3.8, 4) is 11.9 Å². The molecule has 1 aliphatic heterocycles. The highest BCUT2D eigenvalue weighted by Gasteiger charge is 2.35. The van der Waals surface area contributed by atoms with Crippen LogP contribution < -0.4 is 10.5 Å². The quantitative estimate of drug-likeness (QED) is 0.910. The number of fused-ring (bicyclic) bond motifs is 1. The number of nitrogens with two attached hydrogens (primary N) is 1. The van der Waals surface area contributed by atoms with E-state index in [0.717, 1.165) is 23.2 Å². The van der Waals surface area contributed by atoms with Gasteiger partial charge in [-0.2, -0.15) is 5.26 Å². The Morgan fingerprint density at radius 2 is 2.04 bits per heavy atom. The highest BCUT2D eigenvalue weighted by molar-refractivity contribution is 5.55. The van der Waals surface area contributed by atoms with Crippen LogP contribution in [-0.4, -0.2) is 10.2 Å². The third-order valence-electron chi connectivity index (χ3n) is 4.27. The number of ether oxygens (including phenoxy) is 1. The third-order valence-corrected chi connectivity index (χ3v) is 4.27. The fourth-order valence-electron chi connectivity index (χ4n) is 2.99. The van der Waals surface area contributed by atoms with Crippen LogP contribution in [0, 0.1) is 11.3 Å². The molecule has 0 saturated heterocycles. The molecule has 0 unspecified atom stereocenters. The summed E-state index contributed by atoms with van der Waals surface area (Å²) in [5.41, 5.74) is 10.6. The number of aromatic nitrogens is 2. The molecule has 1 atom stereocenters. The van der Waals surface area contributed by atoms with Gasteiger partial charge in [-0.1, -0.05) is 45.0 Å². The van der Waals surface area contributed by atoms with Crippen molar-refractivity contribution in [2.45, 2.75) is 39.0 Å². The van der Waals surface area contributed by atoms with Gasteiger partial charge in [-0.15, -0.1) is 5.10 Å². The summed E-state index contributed by atoms with van der Waals surface area (Å²) in [5.74, 6) is 0.596. The molecule has 0 fully saturated rings. The van der Waals surface area contributed by atoms with Gasteiger partial charge >= 0.3 is 0 Å². The van der Waals surface area contributed by atoms with Crippen molar-refractivity contribution < 1.29 is 4.74 Å². The second-order valence-electron chi connectivity index (χ2n) is 6.03. The minimum Gasteiger partial charge on any atom is -0.420 e. The number of aryl methyl sites for hydroxylation is 1. The molecule has 1 aromatic carbocycles. The van der Waals surface area contributed by atoms with E-state index in [2.05, 4.69) is 61.3 Å². The first-order chi connectivity index (χ1) is 11.1. The zero-order valence-corrected chi connectivity index (χ0v) is 13.6. The molecule has 5 heteroatoms. The number of nitriles is 1. The van der Waals surface area contributed by atoms with Crippen molar-refractivity contribution in [2.75, 3.05) is 0 Å². The monoisotopic (exact) mass is 308 g/mol. The topological polar surface area (TPSA) is 87.7 Å². The van der Waals surface area contributed by atoms with Gasteiger partial charge in [0.2, 0.25) is 11.8 Å². The normalized spacial score (nSPS) is 16.9. The van der Waals surface area contributed by atoms with E-state index in [0.29, 0.717) is 11.5 Å². The Morgan fingerprint density at radius 1 is 1.35 bits per heavy atom. The fourth-order valence-corrected chi connectivity index (χ4v) is 2.99. The molecule has 3 N–H and O–H groups in total. The van der Waals surface area contributed by atoms with E-state index >= 15 is 0 Å². The summed E-state index contributed by atoms with van der Waals surface area (Å²) in [6, 6.07) is 10.5. The molecule has 0 radical (unpaired) electrons. The number of nitrogens with zero attached hydrogens (tertiary/aromatic N) is 2. The summed E-state index contributed by atoms with van der Waals surface area (Å²) < 4.78 is 5.56. The highest BCUT2D eigenvalue weighted by atomic mass is 16.5. The van der Waals surface area contributed by atoms with Crippen molar-refractivity contribution in [2.24, 2.45) is 5.73 Å². The average Bonchev–Trinajstić information content (AvgIpc) is 2.97. The average molecular weight is 308 g/mol. The molecule has 2 heterocycles. The number of aromatic amines is 1. The Labute approximate surface area is 135 Å². The largest absolute Gasteiger partial charge is 0.420 e. The molecule has 5 nitrogen and oxygen atoms in total. The molecule has 118 valence electrons. The van der Waals surface area contributed by atoms with Crippen LogP contribution in [0.15, 0.2) is 35.7 Å². The Bertz CT molecular complexity index is 793. The van der Waals surface area contributed by atoms with E-state index in [1.807, 2.05) is 0 Å². The van der Waals surface area contributed by atoms with E-state index in [-0.39, 0.29) is 17.7 Å². The molecule has 2 aromatic rings. The SMILES string of the molecule is CCc1ccc([C@@H]2C(C#N)=C(N)Oc3n[nH]c(C(C)C)c32)cc1. The van der Waals surface area contributed by atoms with E-state index in [1.165, 1.54) is 5.56 Å². The lowest BCUT2D eigenvalue weighted by molar-refractivity contribution is 0.378. The highest BCUT2D eigenvalue weighted by Crippen LogP contribution is 2.44. The van der Waals surface area contributed by atoms with Crippen LogP contribution in [0.4, 0.5) is 0 Å². The van der Waals surface area contributed by atoms with Crippen LogP contribution in [0.1, 0.15) is 55.0 Å². The molecular weight excluding hydrogens is 288 g/mol. The van der Waals surface area contributed by atoms with Crippen LogP contribution in [0.25, 0.3) is 0 Å². The molecule has 1 aromatic heterocycles. The van der Waals surface area contributed by atoms with Gasteiger partial charge in [0.05, 0.1) is 11.5 Å². The maximum absolute atomic E-state index is 9.59. The van der Waals surface area contributed by atoms with Gasteiger partial charge in [-0.05, 0) is 23.5 Å². The summed E-state index contributed by atoms with van der Waals surface area (Å²) in [5, 5.41) is 16.9. The summed E-state index contributed by atoms with van der Waals surface area (Å²) in [6.45, 7) is 6.28. The standard InChI is InChI=1S/C18H20N4O/c1-4-11-5-7-12(8-6-11)14-13(9-19)17(20)23-18-15(14)16(10(2)3)21-22-18/h5-8,10,14H,4,20H2,1-3H3,(H,21,22)/t14-/m1/s1. The predicted molar refractivity (Wildman–Crippen MR) is 87.8 cm³/mol. The van der Waals surface area contributed by atoms with Gasteiger partial charge < -0.3 is 10.5 Å². The van der Waals surface area contributed by atoms with Gasteiger partial charge in [0.25, 0.3) is 0 Å². The number of benzene rings is 1. The van der Waals surface area contributed by atoms with Gasteiger partial charge in [0.1, 0.15) is 11.6 Å². The van der Waals surface area contributed by atoms with Crippen LogP contribution >= 0.6 is 0 Å². The van der Waals surface area contributed by atoms with Crippen molar-refractivity contribution in [3.63, 3.8) is 0 Å². The summed E-state index contributed by atoms with van der Waals surface area (Å²) in [6.07, 6.45) is 0.978. The molecule has 0 amide bonds. The predicted octanol–water partition coefficient (Wildman–Crippen LogP) is 3.31. The molecule has 0 spiro atoms. The maximum Gasteiger partial charge on any atom is 0.244 e. The molecule has 23 heavy (non-hydrogen) atoms. The first-order valence-corrected chi connectivity index (χ1v) is 7.81. The van der Waals surface area contributed by atoms with E-state index < -0.39 is 0 Å². The first kappa shape index (κ1) is 15.2. The molecular formula is C18H20N4O. The second-order valence-corrected chi connectivity index (χ2v) is 6.03. The lowest BCUT2D eigenvalue weighted by Crippen LogP contribution is -2.21. The van der Waals surface area contributed by atoms with Crippen LogP contribution in [0.5, 0.6) is 5.88 Å². The minimum atomic E-state index is -0.245. The molecule has 0 bridgehead atoms. The Balaban J connectivity index is 2.19. The third kappa shape index (κ3) is 2.46. The first-order valence-electron chi connectivity index (χ1n) is 7.81. The van der Waals surface area contributed by atoms with Crippen LogP contribution in [-0.2, 0) is 6.42 Å². The van der Waals surface area contributed by atoms with Crippen molar-refractivity contribution in [1.29, 1.82) is 5.26 Å². The summed E-state index contributed by atoms with van der Waals surface area (Å²) >= 11 is 0. The molecule has 0 saturated carbocycles. The van der Waals surface area contributed by atoms with Crippen LogP contribution in [0.3, 0.4) is 0 Å². The van der Waals surface area contributed by atoms with Crippen molar-refractivity contribution in [3.05, 3.63) is 58.1 Å². The Hall–Kier alpha value is -2.74. The van der Waals surface area contributed by atoms with Gasteiger partial charge in [-0.25, -0.2) is 0 Å². The van der Waals surface area contributed by atoms with E-state index in [9.17, 15) is 5.26 Å². The second kappa shape index (κ2) is 5.81. The van der Waals surface area contributed by atoms with Gasteiger partial charge in [-0.3, -0.25) is 5.10 Å². The van der Waals surface area contributed by atoms with E-state index in [1.54, 1.807) is 0 Å². The number of rotatable bonds is 3. The van der Waals surface area contributed by atoms with Gasteiger partial charge in [0.15, 0.2) is 0 Å². The van der Waals surface area contributed by atoms with E-state index in [4.69, 9.17) is 10.5 Å². The number of hydrogen-bond acceptors (Lipinski definition) is 4. The van der Waals surface area contributed by atoms with Crippen molar-refractivity contribution in [1.82, 2.24) is 10.2 Å². The fraction of sp³-hybridized carbons (Fsp3) is 0.333. The van der Waals surface area contributed by atoms with Gasteiger partial charge in [0, 0.05) is 5.69 Å². The lowest BCUT2D eigenvalue weighted by atomic mass is 9.82. The number of hydrogen-bond donors (Lipinski definition) is 2. The summed E-state index contributed by atoms with van der Waals surface area (Å²) in [4.78, 5) is 0. The number of allylic oxidation sites excluding steroid dienone is 1. The zero-order valence-electron chi connectivity index (χ0n) is 13.6. The lowest BCUT2D eigenvalue weighted by Gasteiger charge is -2.24. The zero-order chi connectivity index (χ0) is 16.6. The molecule has 1 aliphatic rings. The van der Waals surface area contributed by atoms with Crippen LogP contribution in [0.2, 0.25) is 0 Å². The Morgan fingerprint density at radius 3 is 2.61 bits per heavy atom. The maximum atomic E-state index is 9.59.